The minimum absolute atomic E-state index is 0.00689. The number of nitro groups is 1. The van der Waals surface area contributed by atoms with Crippen LogP contribution in [-0.4, -0.2) is 23.0 Å². The number of nitrogens with one attached hydrogen (secondary N) is 1. The predicted molar refractivity (Wildman–Crippen MR) is 82.9 cm³/mol. The Labute approximate surface area is 134 Å². The van der Waals surface area contributed by atoms with Crippen molar-refractivity contribution in [2.75, 3.05) is 6.61 Å². The summed E-state index contributed by atoms with van der Waals surface area (Å²) in [5.41, 5.74) is -0.314. The highest BCUT2D eigenvalue weighted by molar-refractivity contribution is 5.79. The van der Waals surface area contributed by atoms with Crippen molar-refractivity contribution in [3.8, 4) is 11.8 Å². The van der Waals surface area contributed by atoms with Gasteiger partial charge in [-0.25, -0.2) is 0 Å². The molecule has 1 amide bonds. The normalized spacial score (nSPS) is 16.2. The summed E-state index contributed by atoms with van der Waals surface area (Å²) in [6.45, 7) is 1.39. The number of nitro benzene ring substituents is 1. The highest BCUT2D eigenvalue weighted by Gasteiger charge is 2.33. The van der Waals surface area contributed by atoms with Crippen LogP contribution >= 0.6 is 0 Å². The van der Waals surface area contributed by atoms with Gasteiger partial charge in [-0.1, -0.05) is 19.3 Å². The molecule has 0 saturated heterocycles. The van der Waals surface area contributed by atoms with Crippen LogP contribution in [0.15, 0.2) is 18.2 Å². The van der Waals surface area contributed by atoms with Gasteiger partial charge in [0.15, 0.2) is 6.61 Å². The molecular weight excluding hydrogens is 298 g/mol. The Bertz CT molecular complexity index is 645. The molecule has 0 radical (unpaired) electrons. The Morgan fingerprint density at radius 1 is 1.43 bits per heavy atom. The van der Waals surface area contributed by atoms with E-state index in [1.807, 2.05) is 0 Å². The molecule has 1 aliphatic carbocycles. The van der Waals surface area contributed by atoms with Crippen molar-refractivity contribution < 1.29 is 14.5 Å². The number of carbonyl (C=O) groups is 1. The van der Waals surface area contributed by atoms with E-state index in [0.29, 0.717) is 24.2 Å². The molecule has 1 N–H and O–H groups in total. The highest BCUT2D eigenvalue weighted by atomic mass is 16.6. The number of rotatable bonds is 5. The number of nitrogens with zero attached hydrogens (tertiary/aromatic N) is 2. The van der Waals surface area contributed by atoms with Crippen molar-refractivity contribution in [1.82, 2.24) is 5.32 Å². The van der Waals surface area contributed by atoms with Crippen LogP contribution < -0.4 is 10.1 Å². The lowest BCUT2D eigenvalue weighted by atomic mass is 9.83. The smallest absolute Gasteiger partial charge is 0.272 e. The van der Waals surface area contributed by atoms with Gasteiger partial charge in [0.05, 0.1) is 11.0 Å². The average Bonchev–Trinajstić information content (AvgIpc) is 2.53. The molecule has 23 heavy (non-hydrogen) atoms. The summed E-state index contributed by atoms with van der Waals surface area (Å²) in [7, 11) is 0. The zero-order valence-electron chi connectivity index (χ0n) is 13.0. The third-order valence-corrected chi connectivity index (χ3v) is 4.03. The molecule has 7 heteroatoms. The van der Waals surface area contributed by atoms with Crippen LogP contribution in [0.5, 0.6) is 5.75 Å². The fraction of sp³-hybridized carbons (Fsp3) is 0.500. The minimum atomic E-state index is -0.788. The quantitative estimate of drug-likeness (QED) is 0.664. The first kappa shape index (κ1) is 16.7. The lowest BCUT2D eigenvalue weighted by molar-refractivity contribution is -0.385. The van der Waals surface area contributed by atoms with Crippen LogP contribution in [0.2, 0.25) is 0 Å². The zero-order valence-corrected chi connectivity index (χ0v) is 13.0. The summed E-state index contributed by atoms with van der Waals surface area (Å²) in [6, 6.07) is 6.54. The summed E-state index contributed by atoms with van der Waals surface area (Å²) < 4.78 is 5.37. The Morgan fingerprint density at radius 2 is 2.13 bits per heavy atom. The molecule has 1 aliphatic rings. The maximum absolute atomic E-state index is 12.0. The Morgan fingerprint density at radius 3 is 2.70 bits per heavy atom. The van der Waals surface area contributed by atoms with E-state index in [9.17, 15) is 20.2 Å². The molecule has 0 heterocycles. The second-order valence-corrected chi connectivity index (χ2v) is 5.80. The molecule has 1 saturated carbocycles. The van der Waals surface area contributed by atoms with E-state index in [4.69, 9.17) is 4.74 Å². The fourth-order valence-corrected chi connectivity index (χ4v) is 2.79. The number of benzene rings is 1. The largest absolute Gasteiger partial charge is 0.484 e. The van der Waals surface area contributed by atoms with E-state index in [-0.39, 0.29) is 18.2 Å². The van der Waals surface area contributed by atoms with E-state index in [1.54, 1.807) is 6.92 Å². The summed E-state index contributed by atoms with van der Waals surface area (Å²) >= 11 is 0. The van der Waals surface area contributed by atoms with Crippen LogP contribution in [-0.2, 0) is 4.79 Å². The van der Waals surface area contributed by atoms with Crippen LogP contribution in [0, 0.1) is 28.4 Å². The van der Waals surface area contributed by atoms with Crippen molar-refractivity contribution in [2.24, 2.45) is 0 Å². The topological polar surface area (TPSA) is 105 Å². The van der Waals surface area contributed by atoms with Crippen molar-refractivity contribution in [3.63, 3.8) is 0 Å². The predicted octanol–water partition coefficient (Wildman–Crippen LogP) is 2.62. The molecule has 1 aromatic carbocycles. The van der Waals surface area contributed by atoms with Crippen LogP contribution in [0.3, 0.4) is 0 Å². The van der Waals surface area contributed by atoms with Gasteiger partial charge in [0, 0.05) is 11.6 Å². The first-order valence-electron chi connectivity index (χ1n) is 7.56. The number of hydrogen-bond donors (Lipinski definition) is 1. The fourth-order valence-electron chi connectivity index (χ4n) is 2.79. The number of aryl methyl sites for hydroxylation is 1. The van der Waals surface area contributed by atoms with E-state index < -0.39 is 10.5 Å². The van der Waals surface area contributed by atoms with Gasteiger partial charge >= 0.3 is 0 Å². The standard InChI is InChI=1S/C16H19N3O4/c1-12-9-13(5-6-14(12)19(21)22)23-10-15(20)18-16(11-17)7-3-2-4-8-16/h5-6,9H,2-4,7-8,10H2,1H3,(H,18,20). The second kappa shape index (κ2) is 7.09. The van der Waals surface area contributed by atoms with Crippen molar-refractivity contribution >= 4 is 11.6 Å². The summed E-state index contributed by atoms with van der Waals surface area (Å²) in [5.74, 6) is 0.0300. The van der Waals surface area contributed by atoms with Crippen LogP contribution in [0.4, 0.5) is 5.69 Å². The Kier molecular flexibility index (Phi) is 5.16. The second-order valence-electron chi connectivity index (χ2n) is 5.80. The lowest BCUT2D eigenvalue weighted by Gasteiger charge is -2.31. The molecular formula is C16H19N3O4. The van der Waals surface area contributed by atoms with Gasteiger partial charge < -0.3 is 10.1 Å². The SMILES string of the molecule is Cc1cc(OCC(=O)NC2(C#N)CCCCC2)ccc1[N+](=O)[O-]. The van der Waals surface area contributed by atoms with Crippen molar-refractivity contribution in [1.29, 1.82) is 5.26 Å². The summed E-state index contributed by atoms with van der Waals surface area (Å²) in [6.07, 6.45) is 4.25. The van der Waals surface area contributed by atoms with Crippen molar-refractivity contribution in [3.05, 3.63) is 33.9 Å². The molecule has 0 bridgehead atoms. The van der Waals surface area contributed by atoms with E-state index in [1.165, 1.54) is 18.2 Å². The zero-order chi connectivity index (χ0) is 16.9. The first-order valence-corrected chi connectivity index (χ1v) is 7.56. The maximum atomic E-state index is 12.0. The molecule has 0 aromatic heterocycles. The van der Waals surface area contributed by atoms with Gasteiger partial charge in [-0.05, 0) is 31.9 Å². The number of nitriles is 1. The lowest BCUT2D eigenvalue weighted by Crippen LogP contribution is -2.50. The summed E-state index contributed by atoms with van der Waals surface area (Å²) in [5, 5.41) is 22.8. The molecule has 1 aromatic rings. The summed E-state index contributed by atoms with van der Waals surface area (Å²) in [4.78, 5) is 22.3. The van der Waals surface area contributed by atoms with Gasteiger partial charge in [-0.15, -0.1) is 0 Å². The van der Waals surface area contributed by atoms with E-state index >= 15 is 0 Å². The average molecular weight is 317 g/mol. The van der Waals surface area contributed by atoms with Gasteiger partial charge in [0.2, 0.25) is 0 Å². The Balaban J connectivity index is 1.93. The molecule has 0 atom stereocenters. The molecule has 1 fully saturated rings. The van der Waals surface area contributed by atoms with Crippen LogP contribution in [0.25, 0.3) is 0 Å². The molecule has 0 spiro atoms. The molecule has 0 unspecified atom stereocenters. The number of carbonyl (C=O) groups excluding carboxylic acids is 1. The minimum Gasteiger partial charge on any atom is -0.484 e. The third kappa shape index (κ3) is 4.19. The van der Waals surface area contributed by atoms with Gasteiger partial charge in [-0.2, -0.15) is 5.26 Å². The molecule has 7 nitrogen and oxygen atoms in total. The molecule has 122 valence electrons. The molecule has 0 aliphatic heterocycles. The molecule has 2 rings (SSSR count). The first-order chi connectivity index (χ1) is 11.0. The van der Waals surface area contributed by atoms with Gasteiger partial charge in [0.25, 0.3) is 11.6 Å². The van der Waals surface area contributed by atoms with E-state index in [2.05, 4.69) is 11.4 Å². The van der Waals surface area contributed by atoms with Crippen LogP contribution in [0.1, 0.15) is 37.7 Å². The number of ether oxygens (including phenoxy) is 1. The monoisotopic (exact) mass is 317 g/mol. The number of amides is 1. The Hall–Kier alpha value is -2.62. The van der Waals surface area contributed by atoms with Gasteiger partial charge in [-0.3, -0.25) is 14.9 Å². The van der Waals surface area contributed by atoms with Crippen molar-refractivity contribution in [2.45, 2.75) is 44.6 Å². The van der Waals surface area contributed by atoms with E-state index in [0.717, 1.165) is 19.3 Å². The third-order valence-electron chi connectivity index (χ3n) is 4.03. The van der Waals surface area contributed by atoms with Gasteiger partial charge in [0.1, 0.15) is 11.3 Å². The maximum Gasteiger partial charge on any atom is 0.272 e. The highest BCUT2D eigenvalue weighted by Crippen LogP contribution is 2.27. The number of hydrogen-bond acceptors (Lipinski definition) is 5.